The van der Waals surface area contributed by atoms with Gasteiger partial charge in [-0.1, -0.05) is 19.4 Å². The van der Waals surface area contributed by atoms with Crippen molar-refractivity contribution in [2.24, 2.45) is 5.41 Å². The van der Waals surface area contributed by atoms with Gasteiger partial charge in [0.25, 0.3) is 0 Å². The molecule has 0 radical (unpaired) electrons. The SMILES string of the molecule is CCCC1(C(=O)N[C@@H](C)c2ccccn2)CCNC1. The molecule has 2 N–H and O–H groups in total. The lowest BCUT2D eigenvalue weighted by molar-refractivity contribution is -0.131. The van der Waals surface area contributed by atoms with Crippen molar-refractivity contribution in [2.75, 3.05) is 13.1 Å². The van der Waals surface area contributed by atoms with Crippen LogP contribution >= 0.6 is 0 Å². The molecule has 104 valence electrons. The van der Waals surface area contributed by atoms with E-state index < -0.39 is 0 Å². The van der Waals surface area contributed by atoms with Gasteiger partial charge in [0.15, 0.2) is 0 Å². The molecule has 0 bridgehead atoms. The lowest BCUT2D eigenvalue weighted by atomic mass is 9.81. The lowest BCUT2D eigenvalue weighted by Crippen LogP contribution is -2.43. The number of rotatable bonds is 5. The molecular formula is C15H23N3O. The predicted molar refractivity (Wildman–Crippen MR) is 75.6 cm³/mol. The first-order valence-corrected chi connectivity index (χ1v) is 7.10. The first-order chi connectivity index (χ1) is 9.18. The minimum Gasteiger partial charge on any atom is -0.347 e. The fraction of sp³-hybridized carbons (Fsp3) is 0.600. The standard InChI is InChI=1S/C15H23N3O/c1-3-7-15(8-10-16-11-15)14(19)18-12(2)13-6-4-5-9-17-13/h4-6,9,12,16H,3,7-8,10-11H2,1-2H3,(H,18,19)/t12-,15?/m0/s1. The van der Waals surface area contributed by atoms with Gasteiger partial charge >= 0.3 is 0 Å². The molecule has 0 aromatic carbocycles. The van der Waals surface area contributed by atoms with Crippen LogP contribution in [0.1, 0.15) is 44.8 Å². The zero-order valence-electron chi connectivity index (χ0n) is 11.8. The zero-order valence-corrected chi connectivity index (χ0v) is 11.8. The predicted octanol–water partition coefficient (Wildman–Crippen LogP) is 2.04. The van der Waals surface area contributed by atoms with Crippen LogP contribution in [-0.2, 0) is 4.79 Å². The maximum Gasteiger partial charge on any atom is 0.228 e. The van der Waals surface area contributed by atoms with Crippen molar-refractivity contribution in [3.8, 4) is 0 Å². The number of pyridine rings is 1. The van der Waals surface area contributed by atoms with Crippen LogP contribution in [0.4, 0.5) is 0 Å². The average Bonchev–Trinajstić information content (AvgIpc) is 2.90. The van der Waals surface area contributed by atoms with E-state index in [0.29, 0.717) is 0 Å². The first kappa shape index (κ1) is 14.0. The van der Waals surface area contributed by atoms with E-state index in [1.165, 1.54) is 0 Å². The van der Waals surface area contributed by atoms with Crippen molar-refractivity contribution >= 4 is 5.91 Å². The summed E-state index contributed by atoms with van der Waals surface area (Å²) in [5, 5.41) is 6.44. The van der Waals surface area contributed by atoms with E-state index in [9.17, 15) is 4.79 Å². The number of nitrogens with zero attached hydrogens (tertiary/aromatic N) is 1. The number of hydrogen-bond donors (Lipinski definition) is 2. The minimum absolute atomic E-state index is 0.0389. The molecule has 4 heteroatoms. The number of carbonyl (C=O) groups excluding carboxylic acids is 1. The Morgan fingerprint density at radius 1 is 1.58 bits per heavy atom. The largest absolute Gasteiger partial charge is 0.347 e. The quantitative estimate of drug-likeness (QED) is 0.853. The van der Waals surface area contributed by atoms with E-state index in [-0.39, 0.29) is 17.4 Å². The summed E-state index contributed by atoms with van der Waals surface area (Å²) in [4.78, 5) is 16.9. The van der Waals surface area contributed by atoms with E-state index in [1.54, 1.807) is 6.20 Å². The number of aromatic nitrogens is 1. The van der Waals surface area contributed by atoms with Crippen LogP contribution in [0.5, 0.6) is 0 Å². The van der Waals surface area contributed by atoms with Crippen molar-refractivity contribution < 1.29 is 4.79 Å². The maximum atomic E-state index is 12.6. The molecule has 0 saturated carbocycles. The summed E-state index contributed by atoms with van der Waals surface area (Å²) in [5.74, 6) is 0.164. The van der Waals surface area contributed by atoms with Crippen LogP contribution in [0.2, 0.25) is 0 Å². The van der Waals surface area contributed by atoms with Crippen molar-refractivity contribution in [2.45, 2.75) is 39.2 Å². The van der Waals surface area contributed by atoms with Crippen molar-refractivity contribution in [1.29, 1.82) is 0 Å². The smallest absolute Gasteiger partial charge is 0.228 e. The number of amides is 1. The summed E-state index contributed by atoms with van der Waals surface area (Å²) in [6.07, 6.45) is 4.67. The summed E-state index contributed by atoms with van der Waals surface area (Å²) in [6.45, 7) is 5.85. The zero-order chi connectivity index (χ0) is 13.7. The molecule has 1 unspecified atom stereocenters. The van der Waals surface area contributed by atoms with E-state index in [1.807, 2.05) is 25.1 Å². The van der Waals surface area contributed by atoms with Gasteiger partial charge in [0.2, 0.25) is 5.91 Å². The van der Waals surface area contributed by atoms with Crippen molar-refractivity contribution in [3.05, 3.63) is 30.1 Å². The van der Waals surface area contributed by atoms with Crippen LogP contribution in [0.25, 0.3) is 0 Å². The molecule has 2 heterocycles. The van der Waals surface area contributed by atoms with Crippen molar-refractivity contribution in [1.82, 2.24) is 15.6 Å². The number of carbonyl (C=O) groups is 1. The van der Waals surface area contributed by atoms with Gasteiger partial charge in [-0.05, 0) is 38.4 Å². The van der Waals surface area contributed by atoms with E-state index in [4.69, 9.17) is 0 Å². The second-order valence-electron chi connectivity index (χ2n) is 5.41. The summed E-state index contributed by atoms with van der Waals surface area (Å²) >= 11 is 0. The highest BCUT2D eigenvalue weighted by atomic mass is 16.2. The van der Waals surface area contributed by atoms with Crippen LogP contribution < -0.4 is 10.6 Å². The summed E-state index contributed by atoms with van der Waals surface area (Å²) in [6, 6.07) is 5.74. The fourth-order valence-electron chi connectivity index (χ4n) is 2.80. The average molecular weight is 261 g/mol. The van der Waals surface area contributed by atoms with Gasteiger partial charge in [-0.2, -0.15) is 0 Å². The summed E-state index contributed by atoms with van der Waals surface area (Å²) in [5.41, 5.74) is 0.686. The first-order valence-electron chi connectivity index (χ1n) is 7.10. The second-order valence-corrected chi connectivity index (χ2v) is 5.41. The number of nitrogens with one attached hydrogen (secondary N) is 2. The highest BCUT2D eigenvalue weighted by Gasteiger charge is 2.40. The van der Waals surface area contributed by atoms with Crippen molar-refractivity contribution in [3.63, 3.8) is 0 Å². The van der Waals surface area contributed by atoms with Gasteiger partial charge in [0, 0.05) is 12.7 Å². The van der Waals surface area contributed by atoms with Gasteiger partial charge in [-0.25, -0.2) is 0 Å². The lowest BCUT2D eigenvalue weighted by Gasteiger charge is -2.28. The molecule has 1 fully saturated rings. The van der Waals surface area contributed by atoms with Crippen LogP contribution in [0, 0.1) is 5.41 Å². The molecule has 2 rings (SSSR count). The fourth-order valence-corrected chi connectivity index (χ4v) is 2.80. The molecule has 1 aromatic rings. The van der Waals surface area contributed by atoms with Crippen LogP contribution in [-0.4, -0.2) is 24.0 Å². The molecule has 2 atom stereocenters. The number of hydrogen-bond acceptors (Lipinski definition) is 3. The Bertz CT molecular complexity index is 413. The third-order valence-corrected chi connectivity index (χ3v) is 3.93. The Balaban J connectivity index is 2.03. The van der Waals surface area contributed by atoms with Crippen LogP contribution in [0.15, 0.2) is 24.4 Å². The van der Waals surface area contributed by atoms with Gasteiger partial charge in [-0.15, -0.1) is 0 Å². The highest BCUT2D eigenvalue weighted by Crippen LogP contribution is 2.32. The monoisotopic (exact) mass is 261 g/mol. The molecular weight excluding hydrogens is 238 g/mol. The maximum absolute atomic E-state index is 12.6. The van der Waals surface area contributed by atoms with Gasteiger partial charge in [0.1, 0.15) is 0 Å². The third kappa shape index (κ3) is 3.13. The molecule has 4 nitrogen and oxygen atoms in total. The topological polar surface area (TPSA) is 54.0 Å². The summed E-state index contributed by atoms with van der Waals surface area (Å²) in [7, 11) is 0. The Morgan fingerprint density at radius 3 is 3.00 bits per heavy atom. The second kappa shape index (κ2) is 6.15. The van der Waals surface area contributed by atoms with E-state index >= 15 is 0 Å². The molecule has 1 saturated heterocycles. The molecule has 0 aliphatic carbocycles. The molecule has 1 aromatic heterocycles. The molecule has 0 spiro atoms. The Labute approximate surface area is 115 Å². The van der Waals surface area contributed by atoms with Crippen LogP contribution in [0.3, 0.4) is 0 Å². The molecule has 1 aliphatic heterocycles. The molecule has 1 amide bonds. The van der Waals surface area contributed by atoms with Gasteiger partial charge in [-0.3, -0.25) is 9.78 Å². The van der Waals surface area contributed by atoms with E-state index in [2.05, 4.69) is 22.5 Å². The highest BCUT2D eigenvalue weighted by molar-refractivity contribution is 5.83. The molecule has 1 aliphatic rings. The van der Waals surface area contributed by atoms with Gasteiger partial charge in [0.05, 0.1) is 17.2 Å². The molecule has 19 heavy (non-hydrogen) atoms. The Hall–Kier alpha value is -1.42. The minimum atomic E-state index is -0.224. The third-order valence-electron chi connectivity index (χ3n) is 3.93. The van der Waals surface area contributed by atoms with E-state index in [0.717, 1.165) is 38.0 Å². The van der Waals surface area contributed by atoms with Gasteiger partial charge < -0.3 is 10.6 Å². The Morgan fingerprint density at radius 2 is 2.42 bits per heavy atom. The summed E-state index contributed by atoms with van der Waals surface area (Å²) < 4.78 is 0. The normalized spacial score (nSPS) is 24.1. The Kier molecular flexibility index (Phi) is 4.53.